The molecule has 1 aromatic carbocycles. The number of hydrogen-bond acceptors (Lipinski definition) is 5. The molecular formula is C15H19N3O5. The molecule has 0 unspecified atom stereocenters. The number of nitrogens with zero attached hydrogens (tertiary/aromatic N) is 2. The van der Waals surface area contributed by atoms with Crippen LogP contribution in [-0.2, 0) is 9.63 Å². The molecule has 0 bridgehead atoms. The van der Waals surface area contributed by atoms with Crippen molar-refractivity contribution >= 4 is 17.7 Å². The van der Waals surface area contributed by atoms with Crippen molar-refractivity contribution in [3.8, 4) is 0 Å². The van der Waals surface area contributed by atoms with Gasteiger partial charge in [-0.1, -0.05) is 35.5 Å². The summed E-state index contributed by atoms with van der Waals surface area (Å²) >= 11 is 0. The van der Waals surface area contributed by atoms with Gasteiger partial charge in [-0.15, -0.1) is 0 Å². The predicted octanol–water partition coefficient (Wildman–Crippen LogP) is 0.591. The molecule has 1 saturated heterocycles. The first-order valence-electron chi connectivity index (χ1n) is 7.12. The molecule has 2 rings (SSSR count). The van der Waals surface area contributed by atoms with Gasteiger partial charge in [0.05, 0.1) is 18.4 Å². The van der Waals surface area contributed by atoms with E-state index < -0.39 is 24.1 Å². The highest BCUT2D eigenvalue weighted by atomic mass is 16.6. The van der Waals surface area contributed by atoms with Crippen LogP contribution in [0, 0.1) is 0 Å². The number of carbonyl (C=O) groups excluding carboxylic acids is 1. The Balaban J connectivity index is 1.96. The number of likely N-dealkylation sites (tertiary alicyclic amines) is 1. The Bertz CT molecular complexity index is 590. The van der Waals surface area contributed by atoms with Gasteiger partial charge in [-0.3, -0.25) is 9.69 Å². The number of oxime groups is 1. The van der Waals surface area contributed by atoms with E-state index in [0.29, 0.717) is 11.3 Å². The Kier molecular flexibility index (Phi) is 5.53. The molecule has 0 saturated carbocycles. The van der Waals surface area contributed by atoms with Gasteiger partial charge in [-0.25, -0.2) is 4.79 Å². The Morgan fingerprint density at radius 3 is 2.74 bits per heavy atom. The molecule has 0 spiro atoms. The van der Waals surface area contributed by atoms with Crippen molar-refractivity contribution in [2.75, 3.05) is 20.2 Å². The molecule has 1 aliphatic rings. The van der Waals surface area contributed by atoms with E-state index >= 15 is 0 Å². The highest BCUT2D eigenvalue weighted by Gasteiger charge is 2.38. The van der Waals surface area contributed by atoms with Crippen molar-refractivity contribution < 1.29 is 24.6 Å². The molecule has 2 amide bonds. The average molecular weight is 321 g/mol. The predicted molar refractivity (Wildman–Crippen MR) is 82.0 cm³/mol. The van der Waals surface area contributed by atoms with E-state index in [1.54, 1.807) is 24.3 Å². The van der Waals surface area contributed by atoms with Crippen molar-refractivity contribution in [2.24, 2.45) is 5.16 Å². The lowest BCUT2D eigenvalue weighted by Gasteiger charge is -2.21. The molecule has 1 aromatic rings. The fourth-order valence-corrected chi connectivity index (χ4v) is 2.44. The Labute approximate surface area is 133 Å². The third-order valence-corrected chi connectivity index (χ3v) is 3.58. The summed E-state index contributed by atoms with van der Waals surface area (Å²) in [4.78, 5) is 29.1. The van der Waals surface area contributed by atoms with Gasteiger partial charge in [-0.2, -0.15) is 0 Å². The van der Waals surface area contributed by atoms with Crippen LogP contribution in [0.1, 0.15) is 18.1 Å². The maximum absolute atomic E-state index is 12.2. The van der Waals surface area contributed by atoms with Crippen LogP contribution in [0.25, 0.3) is 0 Å². The quantitative estimate of drug-likeness (QED) is 0.687. The van der Waals surface area contributed by atoms with Crippen LogP contribution >= 0.6 is 0 Å². The van der Waals surface area contributed by atoms with Gasteiger partial charge in [0, 0.05) is 13.0 Å². The zero-order valence-corrected chi connectivity index (χ0v) is 12.7. The van der Waals surface area contributed by atoms with Gasteiger partial charge in [0.2, 0.25) is 5.91 Å². The van der Waals surface area contributed by atoms with Gasteiger partial charge < -0.3 is 20.4 Å². The molecule has 23 heavy (non-hydrogen) atoms. The molecule has 2 atom stereocenters. The van der Waals surface area contributed by atoms with Gasteiger partial charge in [0.15, 0.2) is 0 Å². The standard InChI is InChI=1S/C15H19N3O5/c1-23-17-11-7-12(18(9-11)15(21)22)14(20)16-8-13(19)10-5-3-2-4-6-10/h2-6,12-13,19H,7-9H2,1H3,(H,16,20)(H,21,22)/b17-11+/t12-,13-/m0/s1. The number of carboxylic acid groups (broad SMARTS) is 1. The summed E-state index contributed by atoms with van der Waals surface area (Å²) in [6, 6.07) is 8.03. The van der Waals surface area contributed by atoms with E-state index in [-0.39, 0.29) is 19.5 Å². The molecule has 1 aliphatic heterocycles. The third kappa shape index (κ3) is 4.19. The fraction of sp³-hybridized carbons (Fsp3) is 0.400. The average Bonchev–Trinajstić information content (AvgIpc) is 2.98. The van der Waals surface area contributed by atoms with Gasteiger partial charge in [0.25, 0.3) is 0 Å². The number of nitrogens with one attached hydrogen (secondary N) is 1. The topological polar surface area (TPSA) is 111 Å². The maximum atomic E-state index is 12.2. The summed E-state index contributed by atoms with van der Waals surface area (Å²) < 4.78 is 0. The van der Waals surface area contributed by atoms with Crippen LogP contribution in [0.4, 0.5) is 4.79 Å². The number of carbonyl (C=O) groups is 2. The summed E-state index contributed by atoms with van der Waals surface area (Å²) in [5.41, 5.74) is 1.16. The van der Waals surface area contributed by atoms with Crippen LogP contribution in [0.3, 0.4) is 0 Å². The van der Waals surface area contributed by atoms with E-state index in [4.69, 9.17) is 0 Å². The van der Waals surface area contributed by atoms with E-state index in [1.165, 1.54) is 7.11 Å². The summed E-state index contributed by atoms with van der Waals surface area (Å²) in [7, 11) is 1.36. The minimum atomic E-state index is -1.20. The monoisotopic (exact) mass is 321 g/mol. The number of benzene rings is 1. The molecule has 8 nitrogen and oxygen atoms in total. The van der Waals surface area contributed by atoms with Crippen LogP contribution in [0.15, 0.2) is 35.5 Å². The first-order chi connectivity index (χ1) is 11.0. The Hall–Kier alpha value is -2.61. The third-order valence-electron chi connectivity index (χ3n) is 3.58. The summed E-state index contributed by atoms with van der Waals surface area (Å²) in [5, 5.41) is 25.5. The molecular weight excluding hydrogens is 302 g/mol. The van der Waals surface area contributed by atoms with Crippen molar-refractivity contribution in [1.82, 2.24) is 10.2 Å². The van der Waals surface area contributed by atoms with Crippen LogP contribution < -0.4 is 5.32 Å². The van der Waals surface area contributed by atoms with E-state index in [1.807, 2.05) is 6.07 Å². The molecule has 1 heterocycles. The molecule has 0 aromatic heterocycles. The number of aliphatic hydroxyl groups is 1. The summed E-state index contributed by atoms with van der Waals surface area (Å²) in [6.07, 6.45) is -1.88. The number of aliphatic hydroxyl groups excluding tert-OH is 1. The lowest BCUT2D eigenvalue weighted by Crippen LogP contribution is -2.46. The first kappa shape index (κ1) is 16.8. The Morgan fingerprint density at radius 2 is 2.13 bits per heavy atom. The molecule has 1 fully saturated rings. The highest BCUT2D eigenvalue weighted by molar-refractivity contribution is 5.99. The summed E-state index contributed by atoms with van der Waals surface area (Å²) in [5.74, 6) is -0.469. The van der Waals surface area contributed by atoms with Crippen molar-refractivity contribution in [1.29, 1.82) is 0 Å². The first-order valence-corrected chi connectivity index (χ1v) is 7.12. The van der Waals surface area contributed by atoms with Crippen molar-refractivity contribution in [3.63, 3.8) is 0 Å². The van der Waals surface area contributed by atoms with Crippen LogP contribution in [-0.4, -0.2) is 59.1 Å². The molecule has 0 radical (unpaired) electrons. The van der Waals surface area contributed by atoms with E-state index in [2.05, 4.69) is 15.3 Å². The van der Waals surface area contributed by atoms with Crippen LogP contribution in [0.2, 0.25) is 0 Å². The second-order valence-electron chi connectivity index (χ2n) is 5.14. The Morgan fingerprint density at radius 1 is 1.43 bits per heavy atom. The summed E-state index contributed by atoms with van der Waals surface area (Å²) in [6.45, 7) is 0.0338. The number of hydrogen-bond donors (Lipinski definition) is 3. The van der Waals surface area contributed by atoms with Gasteiger partial charge in [-0.05, 0) is 5.56 Å². The zero-order chi connectivity index (χ0) is 16.8. The lowest BCUT2D eigenvalue weighted by molar-refractivity contribution is -0.125. The maximum Gasteiger partial charge on any atom is 0.408 e. The van der Waals surface area contributed by atoms with Crippen molar-refractivity contribution in [2.45, 2.75) is 18.6 Å². The molecule has 124 valence electrons. The normalized spacial score (nSPS) is 20.3. The highest BCUT2D eigenvalue weighted by Crippen LogP contribution is 2.17. The molecule has 0 aliphatic carbocycles. The van der Waals surface area contributed by atoms with Gasteiger partial charge >= 0.3 is 6.09 Å². The van der Waals surface area contributed by atoms with Crippen molar-refractivity contribution in [3.05, 3.63) is 35.9 Å². The molecule has 3 N–H and O–H groups in total. The minimum absolute atomic E-state index is 0.00353. The zero-order valence-electron chi connectivity index (χ0n) is 12.7. The SMILES string of the molecule is CO/N=C1\C[C@@H](C(=O)NC[C@H](O)c2ccccc2)N(C(=O)O)C1. The number of amides is 2. The van der Waals surface area contributed by atoms with Gasteiger partial charge in [0.1, 0.15) is 13.2 Å². The lowest BCUT2D eigenvalue weighted by atomic mass is 10.1. The fourth-order valence-electron chi connectivity index (χ4n) is 2.44. The van der Waals surface area contributed by atoms with Crippen LogP contribution in [0.5, 0.6) is 0 Å². The van der Waals surface area contributed by atoms with E-state index in [0.717, 1.165) is 4.90 Å². The second-order valence-corrected chi connectivity index (χ2v) is 5.14. The van der Waals surface area contributed by atoms with E-state index in [9.17, 15) is 19.8 Å². The number of rotatable bonds is 5. The minimum Gasteiger partial charge on any atom is -0.465 e. The second kappa shape index (κ2) is 7.59. The largest absolute Gasteiger partial charge is 0.465 e. The smallest absolute Gasteiger partial charge is 0.408 e. The molecule has 8 heteroatoms.